The number of aromatic hydroxyl groups is 1. The van der Waals surface area contributed by atoms with Gasteiger partial charge in [0.2, 0.25) is 10.0 Å². The molecular weight excluding hydrogens is 442 g/mol. The molecule has 1 amide bonds. The molecule has 2 aromatic carbocycles. The minimum absolute atomic E-state index is 0.0554. The van der Waals surface area contributed by atoms with Crippen LogP contribution >= 0.6 is 0 Å². The van der Waals surface area contributed by atoms with E-state index in [1.54, 1.807) is 30.3 Å². The monoisotopic (exact) mass is 461 g/mol. The third-order valence-corrected chi connectivity index (χ3v) is 4.85. The SMILES string of the molecule is CS(=O)(=O)Nc1ccc2c(c1)c(O)c(C(=O)NCC(=O)O)c(=O)n2OCc1ccccc1. The van der Waals surface area contributed by atoms with Crippen molar-refractivity contribution in [3.05, 3.63) is 70.0 Å². The Morgan fingerprint density at radius 3 is 2.44 bits per heavy atom. The number of fused-ring (bicyclic) bond motifs is 1. The number of carbonyl (C=O) groups excluding carboxylic acids is 1. The molecule has 0 saturated carbocycles. The minimum Gasteiger partial charge on any atom is -0.506 e. The topological polar surface area (TPSA) is 164 Å². The summed E-state index contributed by atoms with van der Waals surface area (Å²) in [5, 5.41) is 21.4. The van der Waals surface area contributed by atoms with Crippen molar-refractivity contribution < 1.29 is 33.1 Å². The fourth-order valence-corrected chi connectivity index (χ4v) is 3.47. The van der Waals surface area contributed by atoms with Crippen LogP contribution in [-0.4, -0.2) is 48.0 Å². The molecule has 0 spiro atoms. The number of nitrogens with zero attached hydrogens (tertiary/aromatic N) is 1. The zero-order chi connectivity index (χ0) is 23.5. The zero-order valence-electron chi connectivity index (χ0n) is 16.7. The molecule has 0 aliphatic carbocycles. The van der Waals surface area contributed by atoms with Crippen molar-refractivity contribution in [1.29, 1.82) is 0 Å². The van der Waals surface area contributed by atoms with E-state index < -0.39 is 45.3 Å². The van der Waals surface area contributed by atoms with Gasteiger partial charge in [0.15, 0.2) is 5.56 Å². The van der Waals surface area contributed by atoms with Gasteiger partial charge in [0.1, 0.15) is 18.9 Å². The van der Waals surface area contributed by atoms with Gasteiger partial charge in [0, 0.05) is 11.1 Å². The number of hydrogen-bond acceptors (Lipinski definition) is 7. The van der Waals surface area contributed by atoms with Crippen molar-refractivity contribution in [3.8, 4) is 5.75 Å². The predicted molar refractivity (Wildman–Crippen MR) is 115 cm³/mol. The minimum atomic E-state index is -3.64. The summed E-state index contributed by atoms with van der Waals surface area (Å²) in [4.78, 5) is 41.8. The van der Waals surface area contributed by atoms with Gasteiger partial charge in [0.25, 0.3) is 11.5 Å². The number of benzene rings is 2. The summed E-state index contributed by atoms with van der Waals surface area (Å²) in [5.41, 5.74) is -0.911. The molecule has 3 rings (SSSR count). The first-order valence-electron chi connectivity index (χ1n) is 9.13. The van der Waals surface area contributed by atoms with Crippen LogP contribution < -0.4 is 20.4 Å². The number of pyridine rings is 1. The second-order valence-electron chi connectivity index (χ2n) is 6.76. The Bertz CT molecular complexity index is 1350. The first kappa shape index (κ1) is 22.6. The Hall–Kier alpha value is -4.06. The quantitative estimate of drug-likeness (QED) is 0.377. The molecule has 1 aromatic heterocycles. The Labute approximate surface area is 181 Å². The van der Waals surface area contributed by atoms with Crippen molar-refractivity contribution in [2.45, 2.75) is 6.61 Å². The maximum Gasteiger partial charge on any atom is 0.322 e. The Morgan fingerprint density at radius 1 is 1.12 bits per heavy atom. The smallest absolute Gasteiger partial charge is 0.322 e. The number of carboxylic acid groups (broad SMARTS) is 1. The molecule has 12 heteroatoms. The van der Waals surface area contributed by atoms with E-state index >= 15 is 0 Å². The van der Waals surface area contributed by atoms with Gasteiger partial charge in [-0.15, -0.1) is 4.73 Å². The van der Waals surface area contributed by atoms with E-state index in [2.05, 4.69) is 4.72 Å². The number of amides is 1. The van der Waals surface area contributed by atoms with Gasteiger partial charge in [-0.1, -0.05) is 30.3 Å². The number of aromatic nitrogens is 1. The first-order valence-corrected chi connectivity index (χ1v) is 11.0. The lowest BCUT2D eigenvalue weighted by atomic mass is 10.1. The van der Waals surface area contributed by atoms with E-state index in [-0.39, 0.29) is 23.2 Å². The average Bonchev–Trinajstić information content (AvgIpc) is 2.72. The molecule has 3 aromatic rings. The Morgan fingerprint density at radius 2 is 1.81 bits per heavy atom. The van der Waals surface area contributed by atoms with Crippen molar-refractivity contribution in [2.24, 2.45) is 0 Å². The predicted octanol–water partition coefficient (Wildman–Crippen LogP) is 0.522. The lowest BCUT2D eigenvalue weighted by Crippen LogP contribution is -2.37. The van der Waals surface area contributed by atoms with E-state index in [1.807, 2.05) is 5.32 Å². The number of carbonyl (C=O) groups is 2. The largest absolute Gasteiger partial charge is 0.506 e. The fourth-order valence-electron chi connectivity index (χ4n) is 2.92. The molecular formula is C20H19N3O8S. The van der Waals surface area contributed by atoms with E-state index in [9.17, 15) is 27.9 Å². The normalized spacial score (nSPS) is 11.2. The molecule has 0 aliphatic rings. The molecule has 0 saturated heterocycles. The molecule has 11 nitrogen and oxygen atoms in total. The van der Waals surface area contributed by atoms with Crippen LogP contribution in [-0.2, 0) is 21.4 Å². The number of nitrogens with one attached hydrogen (secondary N) is 2. The van der Waals surface area contributed by atoms with Gasteiger partial charge in [-0.25, -0.2) is 8.42 Å². The maximum atomic E-state index is 13.0. The summed E-state index contributed by atoms with van der Waals surface area (Å²) in [6.45, 7) is -0.837. The summed E-state index contributed by atoms with van der Waals surface area (Å²) < 4.78 is 26.1. The molecule has 0 atom stereocenters. The van der Waals surface area contributed by atoms with E-state index in [0.29, 0.717) is 5.56 Å². The summed E-state index contributed by atoms with van der Waals surface area (Å²) in [6.07, 6.45) is 0.936. The number of hydrogen-bond donors (Lipinski definition) is 4. The molecule has 0 bridgehead atoms. The van der Waals surface area contributed by atoms with Crippen LogP contribution in [0, 0.1) is 0 Å². The standard InChI is InChI=1S/C20H19N3O8S/c1-32(29,30)22-13-7-8-15-14(9-13)18(26)17(19(27)21-10-16(24)25)20(28)23(15)31-11-12-5-3-2-4-6-12/h2-9,22,26H,10-11H2,1H3,(H,21,27)(H,24,25). The van der Waals surface area contributed by atoms with Gasteiger partial charge in [0.05, 0.1) is 11.8 Å². The van der Waals surface area contributed by atoms with Crippen LogP contribution in [0.15, 0.2) is 53.3 Å². The number of rotatable bonds is 8. The van der Waals surface area contributed by atoms with Crippen molar-refractivity contribution in [2.75, 3.05) is 17.5 Å². The van der Waals surface area contributed by atoms with Gasteiger partial charge < -0.3 is 20.4 Å². The number of sulfonamides is 1. The molecule has 0 radical (unpaired) electrons. The Kier molecular flexibility index (Phi) is 6.35. The second-order valence-corrected chi connectivity index (χ2v) is 8.51. The molecule has 168 valence electrons. The van der Waals surface area contributed by atoms with Crippen LogP contribution in [0.3, 0.4) is 0 Å². The molecule has 0 unspecified atom stereocenters. The highest BCUT2D eigenvalue weighted by atomic mass is 32.2. The van der Waals surface area contributed by atoms with E-state index in [4.69, 9.17) is 9.94 Å². The molecule has 4 N–H and O–H groups in total. The van der Waals surface area contributed by atoms with Crippen molar-refractivity contribution >= 4 is 38.5 Å². The van der Waals surface area contributed by atoms with Gasteiger partial charge in [-0.2, -0.15) is 0 Å². The van der Waals surface area contributed by atoms with Crippen molar-refractivity contribution in [3.63, 3.8) is 0 Å². The van der Waals surface area contributed by atoms with Crippen LogP contribution in [0.2, 0.25) is 0 Å². The molecule has 0 fully saturated rings. The van der Waals surface area contributed by atoms with Gasteiger partial charge >= 0.3 is 5.97 Å². The first-order chi connectivity index (χ1) is 15.1. The summed E-state index contributed by atoms with van der Waals surface area (Å²) in [7, 11) is -3.64. The maximum absolute atomic E-state index is 13.0. The Balaban J connectivity index is 2.16. The second kappa shape index (κ2) is 8.98. The highest BCUT2D eigenvalue weighted by Gasteiger charge is 2.24. The summed E-state index contributed by atoms with van der Waals surface area (Å²) in [5.74, 6) is -3.22. The van der Waals surface area contributed by atoms with Crippen LogP contribution in [0.25, 0.3) is 10.9 Å². The van der Waals surface area contributed by atoms with E-state index in [0.717, 1.165) is 11.0 Å². The van der Waals surface area contributed by atoms with Crippen molar-refractivity contribution in [1.82, 2.24) is 10.0 Å². The van der Waals surface area contributed by atoms with Crippen LogP contribution in [0.5, 0.6) is 5.75 Å². The molecule has 1 heterocycles. The van der Waals surface area contributed by atoms with E-state index in [1.165, 1.54) is 18.2 Å². The molecule has 0 aliphatic heterocycles. The van der Waals surface area contributed by atoms with Gasteiger partial charge in [-0.05, 0) is 23.8 Å². The zero-order valence-corrected chi connectivity index (χ0v) is 17.5. The lowest BCUT2D eigenvalue weighted by molar-refractivity contribution is -0.135. The highest BCUT2D eigenvalue weighted by molar-refractivity contribution is 7.92. The number of aliphatic carboxylic acids is 1. The lowest BCUT2D eigenvalue weighted by Gasteiger charge is -2.16. The third kappa shape index (κ3) is 5.16. The summed E-state index contributed by atoms with van der Waals surface area (Å²) >= 11 is 0. The van der Waals surface area contributed by atoms with Crippen LogP contribution in [0.1, 0.15) is 15.9 Å². The number of carboxylic acids is 1. The summed E-state index contributed by atoms with van der Waals surface area (Å²) in [6, 6.07) is 12.8. The number of anilines is 1. The van der Waals surface area contributed by atoms with Crippen LogP contribution in [0.4, 0.5) is 5.69 Å². The third-order valence-electron chi connectivity index (χ3n) is 4.24. The molecule has 32 heavy (non-hydrogen) atoms. The van der Waals surface area contributed by atoms with Gasteiger partial charge in [-0.3, -0.25) is 19.1 Å². The fraction of sp³-hybridized carbons (Fsp3) is 0.150. The highest BCUT2D eigenvalue weighted by Crippen LogP contribution is 2.29. The average molecular weight is 461 g/mol.